The molecule has 124 valence electrons. The number of halogens is 1. The number of hydrogen-bond acceptors (Lipinski definition) is 4. The Morgan fingerprint density at radius 2 is 2.12 bits per heavy atom. The summed E-state index contributed by atoms with van der Waals surface area (Å²) in [5.41, 5.74) is 8.71. The van der Waals surface area contributed by atoms with Crippen molar-refractivity contribution in [3.8, 4) is 0 Å². The fraction of sp³-hybridized carbons (Fsp3) is 0.188. The summed E-state index contributed by atoms with van der Waals surface area (Å²) in [6.07, 6.45) is 0. The molecule has 1 aromatic carbocycles. The van der Waals surface area contributed by atoms with Gasteiger partial charge in [0, 0.05) is 23.0 Å². The van der Waals surface area contributed by atoms with E-state index in [0.29, 0.717) is 21.3 Å². The second-order valence-electron chi connectivity index (χ2n) is 5.42. The van der Waals surface area contributed by atoms with Crippen LogP contribution in [0.1, 0.15) is 38.8 Å². The van der Waals surface area contributed by atoms with E-state index in [0.717, 1.165) is 22.2 Å². The van der Waals surface area contributed by atoms with Gasteiger partial charge in [-0.1, -0.05) is 17.7 Å². The Morgan fingerprint density at radius 3 is 2.83 bits per heavy atom. The third kappa shape index (κ3) is 2.88. The molecule has 0 saturated carbocycles. The maximum absolute atomic E-state index is 12.6. The zero-order chi connectivity index (χ0) is 17.4. The Balaban J connectivity index is 1.88. The van der Waals surface area contributed by atoms with Gasteiger partial charge < -0.3 is 15.6 Å². The van der Waals surface area contributed by atoms with Crippen molar-refractivity contribution in [2.45, 2.75) is 13.0 Å². The second-order valence-corrected chi connectivity index (χ2v) is 6.71. The molecule has 0 spiro atoms. The van der Waals surface area contributed by atoms with Crippen LogP contribution in [0.25, 0.3) is 10.9 Å². The summed E-state index contributed by atoms with van der Waals surface area (Å²) in [6.45, 7) is 1.76. The summed E-state index contributed by atoms with van der Waals surface area (Å²) < 4.78 is 1.78. The first-order chi connectivity index (χ1) is 11.4. The lowest BCUT2D eigenvalue weighted by Crippen LogP contribution is -2.29. The second kappa shape index (κ2) is 6.26. The van der Waals surface area contributed by atoms with Crippen molar-refractivity contribution >= 4 is 45.7 Å². The number of fused-ring (bicyclic) bond motifs is 1. The Bertz CT molecular complexity index is 947. The number of amides is 2. The molecule has 2 amide bonds. The first kappa shape index (κ1) is 16.5. The van der Waals surface area contributed by atoms with Crippen LogP contribution >= 0.6 is 22.9 Å². The Labute approximate surface area is 147 Å². The molecule has 0 saturated heterocycles. The standard InChI is InChI=1S/C16H15ClN4O2S/c1-8(13-14(15(18)22)24-7-19-13)20-16(23)12-5-9-3-4-10(17)6-11(9)21(12)2/h3-8H,1-2H3,(H2,18,22)(H,20,23). The fourth-order valence-corrected chi connectivity index (χ4v) is 3.51. The molecule has 0 aliphatic heterocycles. The molecule has 1 unspecified atom stereocenters. The number of aromatic nitrogens is 2. The fourth-order valence-electron chi connectivity index (χ4n) is 2.61. The molecule has 0 aliphatic carbocycles. The van der Waals surface area contributed by atoms with E-state index in [1.807, 2.05) is 12.1 Å². The largest absolute Gasteiger partial charge is 0.365 e. The van der Waals surface area contributed by atoms with Crippen LogP contribution in [0.2, 0.25) is 5.02 Å². The first-order valence-corrected chi connectivity index (χ1v) is 8.43. The van der Waals surface area contributed by atoms with E-state index in [1.54, 1.807) is 30.7 Å². The Hall–Kier alpha value is -2.38. The van der Waals surface area contributed by atoms with Gasteiger partial charge in [0.1, 0.15) is 10.6 Å². The molecule has 3 aromatic rings. The van der Waals surface area contributed by atoms with Crippen LogP contribution in [0, 0.1) is 0 Å². The van der Waals surface area contributed by atoms with Gasteiger partial charge in [-0.25, -0.2) is 4.98 Å². The lowest BCUT2D eigenvalue weighted by Gasteiger charge is -2.13. The number of nitrogens with zero attached hydrogens (tertiary/aromatic N) is 2. The summed E-state index contributed by atoms with van der Waals surface area (Å²) in [7, 11) is 1.80. The lowest BCUT2D eigenvalue weighted by atomic mass is 10.2. The number of carbonyl (C=O) groups excluding carboxylic acids is 2. The molecule has 3 rings (SSSR count). The summed E-state index contributed by atoms with van der Waals surface area (Å²) >= 11 is 7.17. The molecule has 3 N–H and O–H groups in total. The number of rotatable bonds is 4. The normalized spacial score (nSPS) is 12.3. The number of primary amides is 1. The number of carbonyl (C=O) groups is 2. The van der Waals surface area contributed by atoms with E-state index >= 15 is 0 Å². The highest BCUT2D eigenvalue weighted by Gasteiger charge is 2.21. The zero-order valence-electron chi connectivity index (χ0n) is 13.0. The average molecular weight is 363 g/mol. The first-order valence-electron chi connectivity index (χ1n) is 7.17. The minimum Gasteiger partial charge on any atom is -0.365 e. The topological polar surface area (TPSA) is 90.0 Å². The highest BCUT2D eigenvalue weighted by molar-refractivity contribution is 7.11. The van der Waals surface area contributed by atoms with Gasteiger partial charge in [-0.2, -0.15) is 0 Å². The van der Waals surface area contributed by atoms with Crippen LogP contribution in [0.3, 0.4) is 0 Å². The van der Waals surface area contributed by atoms with Gasteiger partial charge in [0.05, 0.1) is 17.2 Å². The van der Waals surface area contributed by atoms with Crippen molar-refractivity contribution in [3.63, 3.8) is 0 Å². The Kier molecular flexibility index (Phi) is 4.29. The van der Waals surface area contributed by atoms with E-state index in [-0.39, 0.29) is 5.91 Å². The van der Waals surface area contributed by atoms with Gasteiger partial charge >= 0.3 is 0 Å². The number of benzene rings is 1. The number of nitrogens with one attached hydrogen (secondary N) is 1. The number of aryl methyl sites for hydroxylation is 1. The molecular weight excluding hydrogens is 348 g/mol. The van der Waals surface area contributed by atoms with Gasteiger partial charge in [-0.05, 0) is 25.1 Å². The van der Waals surface area contributed by atoms with Gasteiger partial charge in [-0.15, -0.1) is 11.3 Å². The van der Waals surface area contributed by atoms with Crippen molar-refractivity contribution in [3.05, 3.63) is 51.1 Å². The van der Waals surface area contributed by atoms with E-state index < -0.39 is 11.9 Å². The van der Waals surface area contributed by atoms with Crippen LogP contribution in [-0.2, 0) is 7.05 Å². The van der Waals surface area contributed by atoms with Crippen LogP contribution in [-0.4, -0.2) is 21.4 Å². The minimum atomic E-state index is -0.548. The van der Waals surface area contributed by atoms with Crippen molar-refractivity contribution in [2.24, 2.45) is 12.8 Å². The quantitative estimate of drug-likeness (QED) is 0.747. The molecular formula is C16H15ClN4O2S. The molecule has 0 fully saturated rings. The summed E-state index contributed by atoms with van der Waals surface area (Å²) in [5, 5.41) is 4.39. The molecule has 24 heavy (non-hydrogen) atoms. The van der Waals surface area contributed by atoms with Crippen LogP contribution in [0.5, 0.6) is 0 Å². The third-order valence-corrected chi connectivity index (χ3v) is 4.91. The molecule has 0 aliphatic rings. The maximum atomic E-state index is 12.6. The smallest absolute Gasteiger partial charge is 0.268 e. The molecule has 6 nitrogen and oxygen atoms in total. The molecule has 1 atom stereocenters. The maximum Gasteiger partial charge on any atom is 0.268 e. The van der Waals surface area contributed by atoms with E-state index in [1.165, 1.54) is 5.51 Å². The predicted octanol–water partition coefficient (Wildman–Crippen LogP) is 2.88. The molecule has 0 bridgehead atoms. The van der Waals surface area contributed by atoms with E-state index in [2.05, 4.69) is 10.3 Å². The highest BCUT2D eigenvalue weighted by Crippen LogP contribution is 2.24. The average Bonchev–Trinajstić information content (AvgIpc) is 3.13. The van der Waals surface area contributed by atoms with E-state index in [4.69, 9.17) is 17.3 Å². The highest BCUT2D eigenvalue weighted by atomic mass is 35.5. The summed E-state index contributed by atoms with van der Waals surface area (Å²) in [6, 6.07) is 6.81. The molecule has 0 radical (unpaired) electrons. The Morgan fingerprint density at radius 1 is 1.38 bits per heavy atom. The van der Waals surface area contributed by atoms with Gasteiger partial charge in [0.25, 0.3) is 11.8 Å². The SMILES string of the molecule is CC(NC(=O)c1cc2ccc(Cl)cc2n1C)c1ncsc1C(N)=O. The van der Waals surface area contributed by atoms with Crippen molar-refractivity contribution in [2.75, 3.05) is 0 Å². The van der Waals surface area contributed by atoms with E-state index in [9.17, 15) is 9.59 Å². The third-order valence-electron chi connectivity index (χ3n) is 3.82. The van der Waals surface area contributed by atoms with Crippen molar-refractivity contribution in [1.29, 1.82) is 0 Å². The predicted molar refractivity (Wildman–Crippen MR) is 94.4 cm³/mol. The lowest BCUT2D eigenvalue weighted by molar-refractivity contribution is 0.0927. The monoisotopic (exact) mass is 362 g/mol. The zero-order valence-corrected chi connectivity index (χ0v) is 14.6. The number of hydrogen-bond donors (Lipinski definition) is 2. The van der Waals surface area contributed by atoms with Crippen LogP contribution in [0.4, 0.5) is 0 Å². The van der Waals surface area contributed by atoms with Crippen LogP contribution < -0.4 is 11.1 Å². The van der Waals surface area contributed by atoms with Gasteiger partial charge in [0.15, 0.2) is 0 Å². The summed E-state index contributed by atoms with van der Waals surface area (Å²) in [5.74, 6) is -0.811. The van der Waals surface area contributed by atoms with Crippen molar-refractivity contribution in [1.82, 2.24) is 14.9 Å². The van der Waals surface area contributed by atoms with Gasteiger partial charge in [-0.3, -0.25) is 9.59 Å². The van der Waals surface area contributed by atoms with Gasteiger partial charge in [0.2, 0.25) is 0 Å². The minimum absolute atomic E-state index is 0.263. The molecule has 2 aromatic heterocycles. The molecule has 8 heteroatoms. The summed E-state index contributed by atoms with van der Waals surface area (Å²) in [4.78, 5) is 28.5. The van der Waals surface area contributed by atoms with Crippen LogP contribution in [0.15, 0.2) is 29.8 Å². The van der Waals surface area contributed by atoms with Crippen molar-refractivity contribution < 1.29 is 9.59 Å². The number of thiazole rings is 1. The molecule has 2 heterocycles. The number of nitrogens with two attached hydrogens (primary N) is 1.